The first kappa shape index (κ1) is 15.8. The Kier molecular flexibility index (Phi) is 4.33. The second-order valence-corrected chi connectivity index (χ2v) is 4.99. The molecule has 0 aliphatic carbocycles. The molecule has 0 amide bonds. The Morgan fingerprint density at radius 3 is 2.54 bits per heavy atom. The van der Waals surface area contributed by atoms with E-state index in [-0.39, 0.29) is 11.5 Å². The van der Waals surface area contributed by atoms with Crippen LogP contribution in [0.4, 0.5) is 8.78 Å². The van der Waals surface area contributed by atoms with Gasteiger partial charge >= 0.3 is 5.97 Å². The maximum atomic E-state index is 13.2. The van der Waals surface area contributed by atoms with E-state index in [1.54, 1.807) is 19.1 Å². The molecule has 1 aromatic heterocycles. The molecule has 0 bridgehead atoms. The van der Waals surface area contributed by atoms with Gasteiger partial charge in [-0.25, -0.2) is 13.6 Å². The van der Waals surface area contributed by atoms with Crippen LogP contribution >= 0.6 is 0 Å². The van der Waals surface area contributed by atoms with Crippen LogP contribution in [-0.4, -0.2) is 16.2 Å². The van der Waals surface area contributed by atoms with Crippen molar-refractivity contribution in [3.05, 3.63) is 71.6 Å². The molecule has 0 unspecified atom stereocenters. The van der Waals surface area contributed by atoms with Gasteiger partial charge in [-0.15, -0.1) is 10.2 Å². The van der Waals surface area contributed by atoms with Crippen molar-refractivity contribution in [2.45, 2.75) is 13.0 Å². The Bertz CT molecular complexity index is 865. The summed E-state index contributed by atoms with van der Waals surface area (Å²) in [6.07, 6.45) is -0.837. The van der Waals surface area contributed by atoms with Crippen molar-refractivity contribution in [1.82, 2.24) is 10.2 Å². The number of esters is 1. The highest BCUT2D eigenvalue weighted by atomic mass is 19.2. The fourth-order valence-corrected chi connectivity index (χ4v) is 2.00. The van der Waals surface area contributed by atoms with Gasteiger partial charge in [-0.05, 0) is 37.3 Å². The minimum Gasteiger partial charge on any atom is -0.449 e. The van der Waals surface area contributed by atoms with E-state index in [2.05, 4.69) is 10.2 Å². The van der Waals surface area contributed by atoms with Gasteiger partial charge in [0.25, 0.3) is 5.89 Å². The molecule has 1 atom stereocenters. The number of aromatic nitrogens is 2. The molecule has 3 rings (SSSR count). The molecule has 122 valence electrons. The lowest BCUT2D eigenvalue weighted by Crippen LogP contribution is -2.10. The zero-order chi connectivity index (χ0) is 17.1. The lowest BCUT2D eigenvalue weighted by atomic mass is 10.2. The molecular weight excluding hydrogens is 318 g/mol. The van der Waals surface area contributed by atoms with Gasteiger partial charge in [0.05, 0.1) is 5.56 Å². The molecule has 0 radical (unpaired) electrons. The summed E-state index contributed by atoms with van der Waals surface area (Å²) in [5.74, 6) is -2.59. The van der Waals surface area contributed by atoms with Gasteiger partial charge in [-0.3, -0.25) is 0 Å². The van der Waals surface area contributed by atoms with E-state index >= 15 is 0 Å². The van der Waals surface area contributed by atoms with E-state index in [4.69, 9.17) is 9.15 Å². The summed E-state index contributed by atoms with van der Waals surface area (Å²) in [4.78, 5) is 12.0. The fourth-order valence-electron chi connectivity index (χ4n) is 2.00. The average molecular weight is 330 g/mol. The van der Waals surface area contributed by atoms with Gasteiger partial charge in [-0.1, -0.05) is 18.2 Å². The molecule has 0 spiro atoms. The predicted molar refractivity (Wildman–Crippen MR) is 79.9 cm³/mol. The van der Waals surface area contributed by atoms with E-state index in [0.717, 1.165) is 23.8 Å². The van der Waals surface area contributed by atoms with Gasteiger partial charge in [0.1, 0.15) is 0 Å². The molecular formula is C17H12F2N2O3. The van der Waals surface area contributed by atoms with Crippen molar-refractivity contribution in [3.8, 4) is 11.5 Å². The predicted octanol–water partition coefficient (Wildman–Crippen LogP) is 3.93. The number of hydrogen-bond acceptors (Lipinski definition) is 5. The Morgan fingerprint density at radius 2 is 1.83 bits per heavy atom. The average Bonchev–Trinajstić information content (AvgIpc) is 3.08. The van der Waals surface area contributed by atoms with Gasteiger partial charge in [0.2, 0.25) is 5.89 Å². The lowest BCUT2D eigenvalue weighted by Gasteiger charge is -2.09. The van der Waals surface area contributed by atoms with E-state index in [9.17, 15) is 13.6 Å². The van der Waals surface area contributed by atoms with Crippen molar-refractivity contribution < 1.29 is 22.7 Å². The third kappa shape index (κ3) is 3.29. The molecule has 0 fully saturated rings. The molecule has 0 aliphatic rings. The molecule has 3 aromatic rings. The highest BCUT2D eigenvalue weighted by Crippen LogP contribution is 2.23. The number of rotatable bonds is 4. The maximum Gasteiger partial charge on any atom is 0.339 e. The second-order valence-electron chi connectivity index (χ2n) is 4.99. The molecule has 1 heterocycles. The first-order valence-corrected chi connectivity index (χ1v) is 7.09. The number of hydrogen-bond donors (Lipinski definition) is 0. The number of ether oxygens (including phenoxy) is 1. The van der Waals surface area contributed by atoms with Crippen LogP contribution in [0.2, 0.25) is 0 Å². The molecule has 0 saturated carbocycles. The Labute approximate surface area is 135 Å². The van der Waals surface area contributed by atoms with Crippen LogP contribution in [0.25, 0.3) is 11.5 Å². The van der Waals surface area contributed by atoms with Crippen molar-refractivity contribution >= 4 is 5.97 Å². The summed E-state index contributed by atoms with van der Waals surface area (Å²) < 4.78 is 36.7. The molecule has 2 aromatic carbocycles. The summed E-state index contributed by atoms with van der Waals surface area (Å²) in [5.41, 5.74) is 0.624. The topological polar surface area (TPSA) is 65.2 Å². The van der Waals surface area contributed by atoms with E-state index in [1.165, 1.54) is 0 Å². The first-order valence-electron chi connectivity index (χ1n) is 7.09. The first-order chi connectivity index (χ1) is 11.5. The van der Waals surface area contributed by atoms with Crippen LogP contribution in [-0.2, 0) is 4.74 Å². The van der Waals surface area contributed by atoms with Crippen molar-refractivity contribution in [1.29, 1.82) is 0 Å². The summed E-state index contributed by atoms with van der Waals surface area (Å²) in [7, 11) is 0. The van der Waals surface area contributed by atoms with E-state index in [1.807, 2.05) is 18.2 Å². The summed E-state index contributed by atoms with van der Waals surface area (Å²) in [5, 5.41) is 7.74. The molecule has 0 aliphatic heterocycles. The summed E-state index contributed by atoms with van der Waals surface area (Å²) >= 11 is 0. The van der Waals surface area contributed by atoms with Crippen LogP contribution in [0.5, 0.6) is 0 Å². The smallest absolute Gasteiger partial charge is 0.339 e. The van der Waals surface area contributed by atoms with Crippen LogP contribution in [0, 0.1) is 11.6 Å². The summed E-state index contributed by atoms with van der Waals surface area (Å²) in [6, 6.07) is 11.9. The van der Waals surface area contributed by atoms with E-state index < -0.39 is 23.7 Å². The molecule has 24 heavy (non-hydrogen) atoms. The monoisotopic (exact) mass is 330 g/mol. The third-order valence-corrected chi connectivity index (χ3v) is 3.25. The Hall–Kier alpha value is -3.09. The van der Waals surface area contributed by atoms with E-state index in [0.29, 0.717) is 5.89 Å². The zero-order valence-electron chi connectivity index (χ0n) is 12.6. The molecule has 0 saturated heterocycles. The maximum absolute atomic E-state index is 13.2. The Balaban J connectivity index is 1.73. The molecule has 7 heteroatoms. The largest absolute Gasteiger partial charge is 0.449 e. The van der Waals surface area contributed by atoms with Crippen LogP contribution in [0.15, 0.2) is 52.9 Å². The standard InChI is InChI=1S/C17H12F2N2O3/c1-10(23-17(22)12-7-8-13(18)14(19)9-12)15-20-21-16(24-15)11-5-3-2-4-6-11/h2-10H,1H3/t10-/m1/s1. The molecule has 0 N–H and O–H groups in total. The normalized spacial score (nSPS) is 12.0. The zero-order valence-corrected chi connectivity index (χ0v) is 12.6. The van der Waals surface area contributed by atoms with Crippen molar-refractivity contribution in [3.63, 3.8) is 0 Å². The highest BCUT2D eigenvalue weighted by molar-refractivity contribution is 5.89. The lowest BCUT2D eigenvalue weighted by molar-refractivity contribution is 0.0279. The number of benzene rings is 2. The minimum atomic E-state index is -1.12. The Morgan fingerprint density at radius 1 is 1.08 bits per heavy atom. The quantitative estimate of drug-likeness (QED) is 0.678. The number of halogens is 2. The SMILES string of the molecule is C[C@@H](OC(=O)c1ccc(F)c(F)c1)c1nnc(-c2ccccc2)o1. The second kappa shape index (κ2) is 6.57. The number of carbonyl (C=O) groups excluding carboxylic acids is 1. The van der Waals surface area contributed by atoms with Crippen molar-refractivity contribution in [2.24, 2.45) is 0 Å². The van der Waals surface area contributed by atoms with Gasteiger partial charge in [-0.2, -0.15) is 0 Å². The minimum absolute atomic E-state index is 0.102. The number of carbonyl (C=O) groups is 1. The highest BCUT2D eigenvalue weighted by Gasteiger charge is 2.20. The van der Waals surface area contributed by atoms with Gasteiger partial charge in [0, 0.05) is 5.56 Å². The fraction of sp³-hybridized carbons (Fsp3) is 0.118. The van der Waals surface area contributed by atoms with Crippen LogP contribution in [0.1, 0.15) is 29.3 Å². The van der Waals surface area contributed by atoms with Crippen LogP contribution in [0.3, 0.4) is 0 Å². The van der Waals surface area contributed by atoms with Crippen molar-refractivity contribution in [2.75, 3.05) is 0 Å². The molecule has 5 nitrogen and oxygen atoms in total. The van der Waals surface area contributed by atoms with Crippen LogP contribution < -0.4 is 0 Å². The van der Waals surface area contributed by atoms with Gasteiger partial charge < -0.3 is 9.15 Å². The third-order valence-electron chi connectivity index (χ3n) is 3.25. The number of nitrogens with zero attached hydrogens (tertiary/aromatic N) is 2. The van der Waals surface area contributed by atoms with Gasteiger partial charge in [0.15, 0.2) is 17.7 Å². The summed E-state index contributed by atoms with van der Waals surface area (Å²) in [6.45, 7) is 1.54.